The van der Waals surface area contributed by atoms with E-state index < -0.39 is 0 Å². The van der Waals surface area contributed by atoms with Crippen molar-refractivity contribution in [2.75, 3.05) is 0 Å². The normalized spacial score (nSPS) is 12.7. The third kappa shape index (κ3) is 2.97. The highest BCUT2D eigenvalue weighted by atomic mass is 15.2. The molecule has 0 aliphatic rings. The zero-order valence-corrected chi connectivity index (χ0v) is 10.5. The first-order valence-corrected chi connectivity index (χ1v) is 6.32. The SMILES string of the molecule is C=CCCCC(Cn1cnc2ccccc21)NN. The number of unbranched alkanes of at least 4 members (excludes halogenated alkanes) is 1. The van der Waals surface area contributed by atoms with Crippen LogP contribution < -0.4 is 11.3 Å². The molecule has 1 atom stereocenters. The Hall–Kier alpha value is -1.65. The molecule has 0 fully saturated rings. The first-order valence-electron chi connectivity index (χ1n) is 6.32. The van der Waals surface area contributed by atoms with Crippen molar-refractivity contribution in [3.8, 4) is 0 Å². The van der Waals surface area contributed by atoms with Gasteiger partial charge in [-0.25, -0.2) is 4.98 Å². The van der Waals surface area contributed by atoms with Gasteiger partial charge < -0.3 is 4.57 Å². The second-order valence-corrected chi connectivity index (χ2v) is 4.47. The molecule has 2 rings (SSSR count). The zero-order valence-electron chi connectivity index (χ0n) is 10.5. The van der Waals surface area contributed by atoms with E-state index >= 15 is 0 Å². The number of allylic oxidation sites excluding steroid dienone is 1. The molecule has 0 radical (unpaired) electrons. The van der Waals surface area contributed by atoms with Gasteiger partial charge in [0.15, 0.2) is 0 Å². The van der Waals surface area contributed by atoms with Crippen molar-refractivity contribution >= 4 is 11.0 Å². The average Bonchev–Trinajstić information content (AvgIpc) is 2.81. The summed E-state index contributed by atoms with van der Waals surface area (Å²) in [5.41, 5.74) is 5.06. The second-order valence-electron chi connectivity index (χ2n) is 4.47. The molecule has 0 saturated carbocycles. The first-order chi connectivity index (χ1) is 8.85. The van der Waals surface area contributed by atoms with Gasteiger partial charge >= 0.3 is 0 Å². The summed E-state index contributed by atoms with van der Waals surface area (Å²) in [5.74, 6) is 5.61. The molecule has 1 aromatic carbocycles. The van der Waals surface area contributed by atoms with E-state index in [1.165, 1.54) is 0 Å². The van der Waals surface area contributed by atoms with Crippen molar-refractivity contribution < 1.29 is 0 Å². The van der Waals surface area contributed by atoms with Gasteiger partial charge in [-0.05, 0) is 31.4 Å². The van der Waals surface area contributed by atoms with Gasteiger partial charge in [0.05, 0.1) is 17.4 Å². The fourth-order valence-corrected chi connectivity index (χ4v) is 2.13. The molecule has 4 nitrogen and oxygen atoms in total. The Kier molecular flexibility index (Phi) is 4.50. The summed E-state index contributed by atoms with van der Waals surface area (Å²) in [6.07, 6.45) is 6.99. The van der Waals surface area contributed by atoms with Crippen LogP contribution in [0.15, 0.2) is 43.2 Å². The predicted octanol–water partition coefficient (Wildman–Crippen LogP) is 2.22. The lowest BCUT2D eigenvalue weighted by Gasteiger charge is -2.16. The lowest BCUT2D eigenvalue weighted by atomic mass is 10.1. The summed E-state index contributed by atoms with van der Waals surface area (Å²) in [6, 6.07) is 8.40. The molecule has 3 N–H and O–H groups in total. The molecule has 0 bridgehead atoms. The number of hydrogen-bond donors (Lipinski definition) is 2. The molecule has 96 valence electrons. The fraction of sp³-hybridized carbons (Fsp3) is 0.357. The molecule has 18 heavy (non-hydrogen) atoms. The van der Waals surface area contributed by atoms with E-state index in [-0.39, 0.29) is 6.04 Å². The molecule has 0 spiro atoms. The molecule has 0 saturated heterocycles. The van der Waals surface area contributed by atoms with Crippen LogP contribution in [0.2, 0.25) is 0 Å². The number of rotatable bonds is 7. The number of aromatic nitrogens is 2. The Balaban J connectivity index is 2.04. The summed E-state index contributed by atoms with van der Waals surface area (Å²) in [5, 5.41) is 0. The number of hydrazine groups is 1. The van der Waals surface area contributed by atoms with Crippen LogP contribution in [0.25, 0.3) is 11.0 Å². The number of para-hydroxylation sites is 2. The Labute approximate surface area is 107 Å². The van der Waals surface area contributed by atoms with Gasteiger partial charge in [-0.3, -0.25) is 11.3 Å². The van der Waals surface area contributed by atoms with Gasteiger partial charge in [0.1, 0.15) is 0 Å². The van der Waals surface area contributed by atoms with E-state index in [1.807, 2.05) is 30.6 Å². The zero-order chi connectivity index (χ0) is 12.8. The smallest absolute Gasteiger partial charge is 0.0958 e. The minimum absolute atomic E-state index is 0.266. The molecular weight excluding hydrogens is 224 g/mol. The van der Waals surface area contributed by atoms with Gasteiger partial charge in [0.2, 0.25) is 0 Å². The third-order valence-electron chi connectivity index (χ3n) is 3.14. The lowest BCUT2D eigenvalue weighted by Crippen LogP contribution is -2.38. The van der Waals surface area contributed by atoms with E-state index in [2.05, 4.69) is 27.6 Å². The molecule has 0 aliphatic carbocycles. The van der Waals surface area contributed by atoms with Crippen LogP contribution >= 0.6 is 0 Å². The average molecular weight is 244 g/mol. The second kappa shape index (κ2) is 6.33. The molecule has 1 aromatic heterocycles. The molecule has 4 heteroatoms. The topological polar surface area (TPSA) is 55.9 Å². The van der Waals surface area contributed by atoms with Crippen molar-refractivity contribution in [3.63, 3.8) is 0 Å². The van der Waals surface area contributed by atoms with Crippen LogP contribution in [0.4, 0.5) is 0 Å². The summed E-state index contributed by atoms with van der Waals surface area (Å²) in [7, 11) is 0. The van der Waals surface area contributed by atoms with Gasteiger partial charge in [-0.15, -0.1) is 6.58 Å². The molecule has 2 aromatic rings. The molecule has 1 unspecified atom stereocenters. The predicted molar refractivity (Wildman–Crippen MR) is 74.9 cm³/mol. The Bertz CT molecular complexity index is 503. The quantitative estimate of drug-likeness (QED) is 0.340. The van der Waals surface area contributed by atoms with Gasteiger partial charge in [-0.2, -0.15) is 0 Å². The van der Waals surface area contributed by atoms with Gasteiger partial charge in [0, 0.05) is 12.6 Å². The number of hydrogen-bond acceptors (Lipinski definition) is 3. The number of nitrogens with two attached hydrogens (primary N) is 1. The van der Waals surface area contributed by atoms with Crippen LogP contribution in [-0.4, -0.2) is 15.6 Å². The minimum Gasteiger partial charge on any atom is -0.329 e. The van der Waals surface area contributed by atoms with Crippen molar-refractivity contribution in [3.05, 3.63) is 43.2 Å². The van der Waals surface area contributed by atoms with Crippen molar-refractivity contribution in [2.45, 2.75) is 31.8 Å². The van der Waals surface area contributed by atoms with Crippen LogP contribution in [0, 0.1) is 0 Å². The fourth-order valence-electron chi connectivity index (χ4n) is 2.13. The number of imidazole rings is 1. The largest absolute Gasteiger partial charge is 0.329 e. The molecule has 0 aliphatic heterocycles. The van der Waals surface area contributed by atoms with E-state index in [1.54, 1.807) is 0 Å². The first kappa shape index (κ1) is 12.8. The minimum atomic E-state index is 0.266. The highest BCUT2D eigenvalue weighted by Gasteiger charge is 2.09. The van der Waals surface area contributed by atoms with E-state index in [0.717, 1.165) is 36.8 Å². The van der Waals surface area contributed by atoms with E-state index in [4.69, 9.17) is 5.84 Å². The number of fused-ring (bicyclic) bond motifs is 1. The van der Waals surface area contributed by atoms with Crippen LogP contribution in [0.5, 0.6) is 0 Å². The van der Waals surface area contributed by atoms with Crippen LogP contribution in [0.1, 0.15) is 19.3 Å². The van der Waals surface area contributed by atoms with Gasteiger partial charge in [-0.1, -0.05) is 18.2 Å². The monoisotopic (exact) mass is 244 g/mol. The maximum Gasteiger partial charge on any atom is 0.0958 e. The van der Waals surface area contributed by atoms with E-state index in [9.17, 15) is 0 Å². The Morgan fingerprint density at radius 2 is 2.28 bits per heavy atom. The number of benzene rings is 1. The van der Waals surface area contributed by atoms with Crippen molar-refractivity contribution in [1.82, 2.24) is 15.0 Å². The summed E-state index contributed by atoms with van der Waals surface area (Å²) in [6.45, 7) is 4.57. The molecule has 1 heterocycles. The standard InChI is InChI=1S/C14H20N4/c1-2-3-4-7-12(17-15)10-18-11-16-13-8-5-6-9-14(13)18/h2,5-6,8-9,11-12,17H,1,3-4,7,10,15H2. The number of nitrogens with one attached hydrogen (secondary N) is 1. The summed E-state index contributed by atoms with van der Waals surface area (Å²) >= 11 is 0. The van der Waals surface area contributed by atoms with Gasteiger partial charge in [0.25, 0.3) is 0 Å². The van der Waals surface area contributed by atoms with E-state index in [0.29, 0.717) is 0 Å². The van der Waals surface area contributed by atoms with Crippen LogP contribution in [-0.2, 0) is 6.54 Å². The molecule has 0 amide bonds. The Morgan fingerprint density at radius 1 is 1.44 bits per heavy atom. The number of nitrogens with zero attached hydrogens (tertiary/aromatic N) is 2. The molecular formula is C14H20N4. The van der Waals surface area contributed by atoms with Crippen molar-refractivity contribution in [1.29, 1.82) is 0 Å². The highest BCUT2D eigenvalue weighted by Crippen LogP contribution is 2.13. The highest BCUT2D eigenvalue weighted by molar-refractivity contribution is 5.74. The maximum atomic E-state index is 5.61. The maximum absolute atomic E-state index is 5.61. The van der Waals surface area contributed by atoms with Crippen LogP contribution in [0.3, 0.4) is 0 Å². The summed E-state index contributed by atoms with van der Waals surface area (Å²) < 4.78 is 2.15. The Morgan fingerprint density at radius 3 is 3.06 bits per heavy atom. The third-order valence-corrected chi connectivity index (χ3v) is 3.14. The lowest BCUT2D eigenvalue weighted by molar-refractivity contribution is 0.428. The van der Waals surface area contributed by atoms with Crippen molar-refractivity contribution in [2.24, 2.45) is 5.84 Å². The summed E-state index contributed by atoms with van der Waals surface area (Å²) in [4.78, 5) is 4.38.